The summed E-state index contributed by atoms with van der Waals surface area (Å²) in [7, 11) is 0. The van der Waals surface area contributed by atoms with Crippen LogP contribution < -0.4 is 5.06 Å². The zero-order valence-electron chi connectivity index (χ0n) is 14.1. The molecule has 2 aromatic carbocycles. The number of hydrogen-bond acceptors (Lipinski definition) is 4. The van der Waals surface area contributed by atoms with Gasteiger partial charge in [-0.05, 0) is 24.1 Å². The minimum Gasteiger partial charge on any atom is -0.390 e. The molecule has 1 aliphatic heterocycles. The molecule has 2 aromatic rings. The number of para-hydroxylation sites is 1. The predicted molar refractivity (Wildman–Crippen MR) is 96.9 cm³/mol. The summed E-state index contributed by atoms with van der Waals surface area (Å²) in [6, 6.07) is 20.3. The fourth-order valence-corrected chi connectivity index (χ4v) is 2.76. The molecule has 3 rings (SSSR count). The van der Waals surface area contributed by atoms with Gasteiger partial charge >= 0.3 is 0 Å². The van der Waals surface area contributed by atoms with Crippen LogP contribution in [0.2, 0.25) is 0 Å². The number of anilines is 1. The zero-order valence-corrected chi connectivity index (χ0v) is 14.1. The van der Waals surface area contributed by atoms with Crippen molar-refractivity contribution in [3.05, 3.63) is 66.2 Å². The Kier molecular flexibility index (Phi) is 5.85. The maximum atomic E-state index is 6.07. The number of nitrogens with zero attached hydrogens (tertiary/aromatic N) is 2. The molecule has 1 unspecified atom stereocenters. The number of hydrogen-bond donors (Lipinski definition) is 0. The first-order valence-electron chi connectivity index (χ1n) is 8.56. The molecule has 0 aromatic heterocycles. The minimum atomic E-state index is 0.0440. The normalized spacial score (nSPS) is 16.5. The van der Waals surface area contributed by atoms with E-state index in [0.717, 1.165) is 36.2 Å². The van der Waals surface area contributed by atoms with Gasteiger partial charge in [-0.3, -0.25) is 4.84 Å². The van der Waals surface area contributed by atoms with Crippen LogP contribution in [0.1, 0.15) is 31.7 Å². The highest BCUT2D eigenvalue weighted by molar-refractivity contribution is 5.85. The third-order valence-corrected chi connectivity index (χ3v) is 3.98. The molecule has 4 nitrogen and oxygen atoms in total. The lowest BCUT2D eigenvalue weighted by molar-refractivity contribution is 0.0372. The van der Waals surface area contributed by atoms with E-state index in [1.165, 1.54) is 0 Å². The van der Waals surface area contributed by atoms with Gasteiger partial charge in [0.2, 0.25) is 0 Å². The highest BCUT2D eigenvalue weighted by Gasteiger charge is 2.24. The Morgan fingerprint density at radius 3 is 2.50 bits per heavy atom. The first-order chi connectivity index (χ1) is 11.8. The van der Waals surface area contributed by atoms with Crippen LogP contribution in [-0.2, 0) is 16.3 Å². The number of rotatable bonds is 8. The minimum absolute atomic E-state index is 0.0440. The number of hydroxylamine groups is 1. The summed E-state index contributed by atoms with van der Waals surface area (Å²) < 4.78 is 0. The molecule has 0 radical (unpaired) electrons. The van der Waals surface area contributed by atoms with Crippen molar-refractivity contribution in [1.29, 1.82) is 0 Å². The first-order valence-corrected chi connectivity index (χ1v) is 8.56. The average Bonchev–Trinajstić information content (AvgIpc) is 3.08. The standard InChI is InChI=1S/C20H24N2O2/c1-2-9-18-14-20(24-21-18)15-22(19-12-7-4-8-13-19)23-16-17-10-5-3-6-11-17/h3-8,10-13,20H,2,9,14-16H2,1H3. The van der Waals surface area contributed by atoms with E-state index >= 15 is 0 Å². The van der Waals surface area contributed by atoms with E-state index in [0.29, 0.717) is 13.2 Å². The molecule has 24 heavy (non-hydrogen) atoms. The second kappa shape index (κ2) is 8.50. The van der Waals surface area contributed by atoms with E-state index in [1.54, 1.807) is 0 Å². The van der Waals surface area contributed by atoms with Gasteiger partial charge in [0.25, 0.3) is 0 Å². The second-order valence-corrected chi connectivity index (χ2v) is 5.99. The Balaban J connectivity index is 1.63. The van der Waals surface area contributed by atoms with Crippen LogP contribution in [0.15, 0.2) is 65.8 Å². The summed E-state index contributed by atoms with van der Waals surface area (Å²) in [5.74, 6) is 0. The van der Waals surface area contributed by atoms with Crippen molar-refractivity contribution in [3.8, 4) is 0 Å². The summed E-state index contributed by atoms with van der Waals surface area (Å²) >= 11 is 0. The van der Waals surface area contributed by atoms with Crippen molar-refractivity contribution in [2.75, 3.05) is 11.6 Å². The van der Waals surface area contributed by atoms with Crippen LogP contribution in [0.4, 0.5) is 5.69 Å². The Labute approximate surface area is 143 Å². The third kappa shape index (κ3) is 4.59. The molecule has 0 saturated heterocycles. The maximum absolute atomic E-state index is 6.07. The van der Waals surface area contributed by atoms with Gasteiger partial charge in [0.1, 0.15) is 0 Å². The van der Waals surface area contributed by atoms with Crippen molar-refractivity contribution < 1.29 is 9.68 Å². The lowest BCUT2D eigenvalue weighted by atomic mass is 10.1. The molecule has 0 bridgehead atoms. The van der Waals surface area contributed by atoms with E-state index < -0.39 is 0 Å². The monoisotopic (exact) mass is 324 g/mol. The SMILES string of the molecule is CCCC1=NOC(CN(OCc2ccccc2)c2ccccc2)C1. The quantitative estimate of drug-likeness (QED) is 0.667. The van der Waals surface area contributed by atoms with E-state index in [9.17, 15) is 0 Å². The average molecular weight is 324 g/mol. The second-order valence-electron chi connectivity index (χ2n) is 5.99. The van der Waals surface area contributed by atoms with E-state index in [-0.39, 0.29) is 6.10 Å². The van der Waals surface area contributed by atoms with Gasteiger partial charge in [0.15, 0.2) is 6.10 Å². The van der Waals surface area contributed by atoms with Gasteiger partial charge in [-0.2, -0.15) is 0 Å². The molecular weight excluding hydrogens is 300 g/mol. The number of oxime groups is 1. The third-order valence-electron chi connectivity index (χ3n) is 3.98. The summed E-state index contributed by atoms with van der Waals surface area (Å²) in [6.07, 6.45) is 3.03. The van der Waals surface area contributed by atoms with E-state index in [4.69, 9.17) is 9.68 Å². The zero-order chi connectivity index (χ0) is 16.6. The molecule has 4 heteroatoms. The van der Waals surface area contributed by atoms with Crippen LogP contribution in [0.3, 0.4) is 0 Å². The molecule has 0 amide bonds. The molecule has 1 heterocycles. The highest BCUT2D eigenvalue weighted by atomic mass is 16.7. The Bertz CT molecular complexity index is 643. The predicted octanol–water partition coefficient (Wildman–Crippen LogP) is 4.57. The topological polar surface area (TPSA) is 34.1 Å². The van der Waals surface area contributed by atoms with Gasteiger partial charge in [-0.15, -0.1) is 0 Å². The van der Waals surface area contributed by atoms with Crippen LogP contribution >= 0.6 is 0 Å². The Morgan fingerprint density at radius 1 is 1.08 bits per heavy atom. The largest absolute Gasteiger partial charge is 0.390 e. The van der Waals surface area contributed by atoms with Crippen LogP contribution in [0, 0.1) is 0 Å². The molecular formula is C20H24N2O2. The molecule has 1 atom stereocenters. The van der Waals surface area contributed by atoms with Gasteiger partial charge in [0, 0.05) is 6.42 Å². The summed E-state index contributed by atoms with van der Waals surface area (Å²) in [5.41, 5.74) is 3.33. The summed E-state index contributed by atoms with van der Waals surface area (Å²) in [5, 5.41) is 6.13. The highest BCUT2D eigenvalue weighted by Crippen LogP contribution is 2.20. The van der Waals surface area contributed by atoms with Crippen molar-refractivity contribution >= 4 is 11.4 Å². The molecule has 0 spiro atoms. The fraction of sp³-hybridized carbons (Fsp3) is 0.350. The summed E-state index contributed by atoms with van der Waals surface area (Å²) in [4.78, 5) is 11.7. The molecule has 1 aliphatic rings. The lowest BCUT2D eigenvalue weighted by Crippen LogP contribution is -2.32. The van der Waals surface area contributed by atoms with Crippen molar-refractivity contribution in [3.63, 3.8) is 0 Å². The number of benzene rings is 2. The Hall–Kier alpha value is -2.33. The molecule has 0 aliphatic carbocycles. The molecule has 0 saturated carbocycles. The smallest absolute Gasteiger partial charge is 0.152 e. The van der Waals surface area contributed by atoms with Crippen molar-refractivity contribution in [1.82, 2.24) is 0 Å². The van der Waals surface area contributed by atoms with Crippen LogP contribution in [0.25, 0.3) is 0 Å². The van der Waals surface area contributed by atoms with E-state index in [1.807, 2.05) is 53.6 Å². The van der Waals surface area contributed by atoms with Crippen LogP contribution in [-0.4, -0.2) is 18.4 Å². The van der Waals surface area contributed by atoms with Gasteiger partial charge in [-0.1, -0.05) is 67.0 Å². The van der Waals surface area contributed by atoms with Gasteiger partial charge < -0.3 is 4.84 Å². The molecule has 0 fully saturated rings. The van der Waals surface area contributed by atoms with E-state index in [2.05, 4.69) is 24.2 Å². The fourth-order valence-electron chi connectivity index (χ4n) is 2.76. The van der Waals surface area contributed by atoms with Crippen molar-refractivity contribution in [2.24, 2.45) is 5.16 Å². The first kappa shape index (κ1) is 16.5. The lowest BCUT2D eigenvalue weighted by Gasteiger charge is -2.26. The van der Waals surface area contributed by atoms with Gasteiger partial charge in [-0.25, -0.2) is 5.06 Å². The van der Waals surface area contributed by atoms with Crippen molar-refractivity contribution in [2.45, 2.75) is 38.9 Å². The van der Waals surface area contributed by atoms with Crippen LogP contribution in [0.5, 0.6) is 0 Å². The Morgan fingerprint density at radius 2 is 1.79 bits per heavy atom. The molecule has 126 valence electrons. The molecule has 0 N–H and O–H groups in total. The van der Waals surface area contributed by atoms with Gasteiger partial charge in [0.05, 0.1) is 24.6 Å². The summed E-state index contributed by atoms with van der Waals surface area (Å²) in [6.45, 7) is 3.35. The maximum Gasteiger partial charge on any atom is 0.152 e.